The molecule has 0 saturated carbocycles. The second-order valence-electron chi connectivity index (χ2n) is 4.03. The zero-order chi connectivity index (χ0) is 11.2. The molecule has 1 aliphatic rings. The van der Waals surface area contributed by atoms with Crippen LogP contribution in [0.4, 0.5) is 0 Å². The molecule has 1 atom stereocenters. The Kier molecular flexibility index (Phi) is 4.69. The van der Waals surface area contributed by atoms with Crippen molar-refractivity contribution in [3.05, 3.63) is 10.0 Å². The minimum absolute atomic E-state index is 0.384. The molecule has 4 nitrogen and oxygen atoms in total. The fraction of sp³-hybridized carbons (Fsp3) is 0.818. The van der Waals surface area contributed by atoms with Crippen LogP contribution in [0.3, 0.4) is 0 Å². The zero-order valence-corrected chi connectivity index (χ0v) is 10.6. The lowest BCUT2D eigenvalue weighted by Crippen LogP contribution is -2.15. The number of rotatable bonds is 6. The molecule has 0 aromatic carbocycles. The van der Waals surface area contributed by atoms with E-state index in [0.29, 0.717) is 6.10 Å². The zero-order valence-electron chi connectivity index (χ0n) is 9.74. The number of hydrogen-bond donors (Lipinski definition) is 1. The van der Waals surface area contributed by atoms with E-state index in [0.717, 1.165) is 42.6 Å². The van der Waals surface area contributed by atoms with Gasteiger partial charge >= 0.3 is 0 Å². The first-order chi connectivity index (χ1) is 7.88. The highest BCUT2D eigenvalue weighted by atomic mass is 32.1. The summed E-state index contributed by atoms with van der Waals surface area (Å²) in [4.78, 5) is 0. The van der Waals surface area contributed by atoms with Gasteiger partial charge in [-0.2, -0.15) is 0 Å². The van der Waals surface area contributed by atoms with E-state index >= 15 is 0 Å². The molecule has 0 radical (unpaired) electrons. The second kappa shape index (κ2) is 6.27. The maximum Gasteiger partial charge on any atom is 0.120 e. The Morgan fingerprint density at radius 1 is 1.44 bits per heavy atom. The molecule has 1 N–H and O–H groups in total. The van der Waals surface area contributed by atoms with E-state index in [1.807, 2.05) is 0 Å². The Bertz CT molecular complexity index is 310. The molecule has 1 unspecified atom stereocenters. The molecule has 0 amide bonds. The number of nitrogens with one attached hydrogen (secondary N) is 1. The molecule has 2 rings (SSSR count). The van der Waals surface area contributed by atoms with E-state index in [2.05, 4.69) is 22.4 Å². The van der Waals surface area contributed by atoms with E-state index in [9.17, 15) is 0 Å². The first-order valence-electron chi connectivity index (χ1n) is 6.02. The van der Waals surface area contributed by atoms with Gasteiger partial charge in [-0.1, -0.05) is 6.92 Å². The molecule has 2 heterocycles. The first kappa shape index (κ1) is 12.0. The summed E-state index contributed by atoms with van der Waals surface area (Å²) in [6.07, 6.45) is 4.67. The number of hydrogen-bond acceptors (Lipinski definition) is 5. The van der Waals surface area contributed by atoms with Crippen LogP contribution in [-0.2, 0) is 17.6 Å². The van der Waals surface area contributed by atoms with Crippen LogP contribution in [-0.4, -0.2) is 36.0 Å². The predicted molar refractivity (Wildman–Crippen MR) is 64.8 cm³/mol. The van der Waals surface area contributed by atoms with Gasteiger partial charge in [0.05, 0.1) is 6.10 Å². The van der Waals surface area contributed by atoms with Crippen molar-refractivity contribution in [3.8, 4) is 0 Å². The average Bonchev–Trinajstić information content (AvgIpc) is 2.91. The number of ether oxygens (including phenoxy) is 1. The molecule has 0 aliphatic carbocycles. The lowest BCUT2D eigenvalue weighted by atomic mass is 10.2. The fourth-order valence-electron chi connectivity index (χ4n) is 1.84. The van der Waals surface area contributed by atoms with Crippen molar-refractivity contribution in [1.82, 2.24) is 15.5 Å². The molecular formula is C11H19N3OS. The maximum atomic E-state index is 5.59. The summed E-state index contributed by atoms with van der Waals surface area (Å²) in [7, 11) is 0. The van der Waals surface area contributed by atoms with Crippen molar-refractivity contribution >= 4 is 11.3 Å². The SMILES string of the molecule is CCNCCc1nnc(CC2CCCO2)s1. The van der Waals surface area contributed by atoms with Gasteiger partial charge in [-0.3, -0.25) is 0 Å². The van der Waals surface area contributed by atoms with Gasteiger partial charge in [-0.05, 0) is 19.4 Å². The normalized spacial score (nSPS) is 20.4. The van der Waals surface area contributed by atoms with Crippen LogP contribution in [0.1, 0.15) is 29.8 Å². The van der Waals surface area contributed by atoms with Crippen LogP contribution in [0, 0.1) is 0 Å². The molecule has 5 heteroatoms. The molecule has 1 saturated heterocycles. The predicted octanol–water partition coefficient (Wildman–Crippen LogP) is 1.41. The van der Waals surface area contributed by atoms with Crippen molar-refractivity contribution in [2.45, 2.75) is 38.7 Å². The highest BCUT2D eigenvalue weighted by molar-refractivity contribution is 7.11. The fourth-order valence-corrected chi connectivity index (χ4v) is 2.75. The first-order valence-corrected chi connectivity index (χ1v) is 6.83. The highest BCUT2D eigenvalue weighted by Crippen LogP contribution is 2.19. The molecule has 1 aromatic heterocycles. The van der Waals surface area contributed by atoms with Gasteiger partial charge in [0.2, 0.25) is 0 Å². The topological polar surface area (TPSA) is 47.0 Å². The average molecular weight is 241 g/mol. The highest BCUT2D eigenvalue weighted by Gasteiger charge is 2.18. The molecule has 0 spiro atoms. The standard InChI is InChI=1S/C11H19N3OS/c1-2-12-6-5-10-13-14-11(16-10)8-9-4-3-7-15-9/h9,12H,2-8H2,1H3. The van der Waals surface area contributed by atoms with Crippen molar-refractivity contribution in [2.75, 3.05) is 19.7 Å². The number of aromatic nitrogens is 2. The Hall–Kier alpha value is -0.520. The number of likely N-dealkylation sites (N-methyl/N-ethyl adjacent to an activating group) is 1. The van der Waals surface area contributed by atoms with Crippen molar-refractivity contribution in [1.29, 1.82) is 0 Å². The van der Waals surface area contributed by atoms with E-state index in [1.54, 1.807) is 11.3 Å². The van der Waals surface area contributed by atoms with Crippen LogP contribution < -0.4 is 5.32 Å². The summed E-state index contributed by atoms with van der Waals surface area (Å²) < 4.78 is 5.59. The largest absolute Gasteiger partial charge is 0.378 e. The Morgan fingerprint density at radius 3 is 3.06 bits per heavy atom. The Balaban J connectivity index is 1.77. The lowest BCUT2D eigenvalue weighted by molar-refractivity contribution is 0.111. The molecule has 90 valence electrons. The van der Waals surface area contributed by atoms with Gasteiger partial charge in [0.15, 0.2) is 0 Å². The van der Waals surface area contributed by atoms with E-state index in [1.165, 1.54) is 12.8 Å². The summed E-state index contributed by atoms with van der Waals surface area (Å²) >= 11 is 1.73. The number of nitrogens with zero attached hydrogens (tertiary/aromatic N) is 2. The Labute approximate surface area is 100 Å². The maximum absolute atomic E-state index is 5.59. The third kappa shape index (κ3) is 3.50. The van der Waals surface area contributed by atoms with Gasteiger partial charge in [-0.15, -0.1) is 21.5 Å². The van der Waals surface area contributed by atoms with Gasteiger partial charge in [-0.25, -0.2) is 0 Å². The molecule has 0 bridgehead atoms. The molecule has 16 heavy (non-hydrogen) atoms. The Morgan fingerprint density at radius 2 is 2.31 bits per heavy atom. The molecule has 1 aromatic rings. The second-order valence-corrected chi connectivity index (χ2v) is 5.18. The third-order valence-electron chi connectivity index (χ3n) is 2.70. The van der Waals surface area contributed by atoms with Crippen molar-refractivity contribution < 1.29 is 4.74 Å². The van der Waals surface area contributed by atoms with Gasteiger partial charge in [0.1, 0.15) is 10.0 Å². The van der Waals surface area contributed by atoms with E-state index in [4.69, 9.17) is 4.74 Å². The summed E-state index contributed by atoms with van der Waals surface area (Å²) in [6, 6.07) is 0. The van der Waals surface area contributed by atoms with Crippen molar-refractivity contribution in [3.63, 3.8) is 0 Å². The summed E-state index contributed by atoms with van der Waals surface area (Å²) in [5.41, 5.74) is 0. The minimum Gasteiger partial charge on any atom is -0.378 e. The van der Waals surface area contributed by atoms with E-state index < -0.39 is 0 Å². The van der Waals surface area contributed by atoms with Crippen molar-refractivity contribution in [2.24, 2.45) is 0 Å². The monoisotopic (exact) mass is 241 g/mol. The van der Waals surface area contributed by atoms with Gasteiger partial charge in [0.25, 0.3) is 0 Å². The molecular weight excluding hydrogens is 222 g/mol. The van der Waals surface area contributed by atoms with Crippen LogP contribution in [0.5, 0.6) is 0 Å². The lowest BCUT2D eigenvalue weighted by Gasteiger charge is -2.04. The summed E-state index contributed by atoms with van der Waals surface area (Å²) in [6.45, 7) is 5.03. The van der Waals surface area contributed by atoms with Crippen LogP contribution in [0.2, 0.25) is 0 Å². The summed E-state index contributed by atoms with van der Waals surface area (Å²) in [5, 5.41) is 14.0. The molecule has 1 aliphatic heterocycles. The van der Waals surface area contributed by atoms with E-state index in [-0.39, 0.29) is 0 Å². The third-order valence-corrected chi connectivity index (χ3v) is 3.71. The quantitative estimate of drug-likeness (QED) is 0.765. The van der Waals surface area contributed by atoms with Gasteiger partial charge in [0, 0.05) is 26.0 Å². The minimum atomic E-state index is 0.384. The van der Waals surface area contributed by atoms with Crippen LogP contribution in [0.25, 0.3) is 0 Å². The smallest absolute Gasteiger partial charge is 0.120 e. The van der Waals surface area contributed by atoms with Crippen LogP contribution in [0.15, 0.2) is 0 Å². The van der Waals surface area contributed by atoms with Crippen LogP contribution >= 0.6 is 11.3 Å². The summed E-state index contributed by atoms with van der Waals surface area (Å²) in [5.74, 6) is 0. The van der Waals surface area contributed by atoms with Gasteiger partial charge < -0.3 is 10.1 Å². The molecule has 1 fully saturated rings.